The van der Waals surface area contributed by atoms with Crippen LogP contribution in [0.25, 0.3) is 0 Å². The Balaban J connectivity index is 2.10. The second kappa shape index (κ2) is 8.21. The molecule has 0 fully saturated rings. The third kappa shape index (κ3) is 4.75. The van der Waals surface area contributed by atoms with Gasteiger partial charge >= 0.3 is 0 Å². The average Bonchev–Trinajstić information content (AvgIpc) is 2.60. The van der Waals surface area contributed by atoms with Crippen LogP contribution in [-0.2, 0) is 10.0 Å². The van der Waals surface area contributed by atoms with E-state index >= 15 is 0 Å². The van der Waals surface area contributed by atoms with Gasteiger partial charge < -0.3 is 5.32 Å². The van der Waals surface area contributed by atoms with Crippen LogP contribution in [-0.4, -0.2) is 27.1 Å². The van der Waals surface area contributed by atoms with E-state index in [9.17, 15) is 13.2 Å². The van der Waals surface area contributed by atoms with Crippen LogP contribution in [0.5, 0.6) is 0 Å². The highest BCUT2D eigenvalue weighted by atomic mass is 32.2. The zero-order valence-corrected chi connectivity index (χ0v) is 15.2. The summed E-state index contributed by atoms with van der Waals surface area (Å²) in [5.74, 6) is -0.168. The molecule has 2 aromatic carbocycles. The van der Waals surface area contributed by atoms with Crippen molar-refractivity contribution in [3.05, 3.63) is 54.1 Å². The molecular formula is C17H20N2O3S2. The van der Waals surface area contributed by atoms with Gasteiger partial charge in [0.1, 0.15) is 0 Å². The predicted octanol–water partition coefficient (Wildman–Crippen LogP) is 3.35. The second-order valence-electron chi connectivity index (χ2n) is 5.11. The fraction of sp³-hybridized carbons (Fsp3) is 0.235. The van der Waals surface area contributed by atoms with Crippen LogP contribution >= 0.6 is 11.8 Å². The summed E-state index contributed by atoms with van der Waals surface area (Å²) in [6.45, 7) is 2.59. The molecule has 0 aliphatic carbocycles. The molecule has 0 aliphatic rings. The van der Waals surface area contributed by atoms with E-state index in [2.05, 4.69) is 10.0 Å². The molecule has 0 unspecified atom stereocenters. The van der Waals surface area contributed by atoms with Crippen molar-refractivity contribution in [2.24, 2.45) is 0 Å². The van der Waals surface area contributed by atoms with Crippen molar-refractivity contribution in [2.75, 3.05) is 17.5 Å². The Kier molecular flexibility index (Phi) is 6.28. The molecule has 1 amide bonds. The number of sulfonamides is 1. The maximum Gasteiger partial charge on any atom is 0.261 e. The zero-order chi connectivity index (χ0) is 17.6. The monoisotopic (exact) mass is 364 g/mol. The number of carbonyl (C=O) groups is 1. The summed E-state index contributed by atoms with van der Waals surface area (Å²) in [6.07, 6.45) is 2.79. The number of amides is 1. The quantitative estimate of drug-likeness (QED) is 0.739. The maximum atomic E-state index is 12.4. The molecule has 2 N–H and O–H groups in total. The van der Waals surface area contributed by atoms with Gasteiger partial charge in [0.15, 0.2) is 0 Å². The molecule has 0 spiro atoms. The number of rotatable bonds is 7. The summed E-state index contributed by atoms with van der Waals surface area (Å²) in [7, 11) is -3.65. The summed E-state index contributed by atoms with van der Waals surface area (Å²) in [5, 5.41) is 2.77. The number of benzene rings is 2. The van der Waals surface area contributed by atoms with Gasteiger partial charge in [0.25, 0.3) is 15.9 Å². The molecular weight excluding hydrogens is 344 g/mol. The first kappa shape index (κ1) is 18.4. The first-order chi connectivity index (χ1) is 11.5. The molecule has 0 aliphatic heterocycles. The van der Waals surface area contributed by atoms with E-state index in [1.165, 1.54) is 0 Å². The summed E-state index contributed by atoms with van der Waals surface area (Å²) in [5.41, 5.74) is 0.909. The summed E-state index contributed by atoms with van der Waals surface area (Å²) in [4.78, 5) is 13.0. The molecule has 5 nitrogen and oxygen atoms in total. The first-order valence-electron chi connectivity index (χ1n) is 7.51. The Morgan fingerprint density at radius 2 is 1.67 bits per heavy atom. The molecule has 0 heterocycles. The van der Waals surface area contributed by atoms with E-state index in [1.54, 1.807) is 60.3 Å². The van der Waals surface area contributed by atoms with E-state index in [4.69, 9.17) is 0 Å². The minimum Gasteiger partial charge on any atom is -0.352 e. The fourth-order valence-electron chi connectivity index (χ4n) is 2.00. The Bertz CT molecular complexity index is 786. The third-order valence-corrected chi connectivity index (χ3v) is 5.45. The van der Waals surface area contributed by atoms with Crippen LogP contribution in [0, 0.1) is 0 Å². The van der Waals surface area contributed by atoms with Crippen molar-refractivity contribution >= 4 is 33.4 Å². The smallest absolute Gasteiger partial charge is 0.261 e. The van der Waals surface area contributed by atoms with Gasteiger partial charge in [-0.15, -0.1) is 11.8 Å². The normalized spacial score (nSPS) is 11.1. The number of nitrogens with one attached hydrogen (secondary N) is 2. The van der Waals surface area contributed by atoms with Gasteiger partial charge in [-0.25, -0.2) is 8.42 Å². The predicted molar refractivity (Wildman–Crippen MR) is 98.1 cm³/mol. The molecule has 0 radical (unpaired) electrons. The van der Waals surface area contributed by atoms with Gasteiger partial charge in [-0.05, 0) is 61.2 Å². The first-order valence-corrected chi connectivity index (χ1v) is 10.2. The number of hydrogen-bond acceptors (Lipinski definition) is 4. The van der Waals surface area contributed by atoms with Crippen LogP contribution in [0.4, 0.5) is 5.69 Å². The van der Waals surface area contributed by atoms with Crippen LogP contribution < -0.4 is 10.0 Å². The molecule has 2 aromatic rings. The molecule has 0 atom stereocenters. The Morgan fingerprint density at radius 3 is 2.21 bits per heavy atom. The van der Waals surface area contributed by atoms with E-state index in [1.807, 2.05) is 13.2 Å². The molecule has 0 saturated carbocycles. The highest BCUT2D eigenvalue weighted by Gasteiger charge is 2.14. The van der Waals surface area contributed by atoms with Crippen molar-refractivity contribution in [1.82, 2.24) is 5.32 Å². The summed E-state index contributed by atoms with van der Waals surface area (Å²) < 4.78 is 27.2. The Morgan fingerprint density at radius 1 is 1.04 bits per heavy atom. The Labute approximate surface area is 146 Å². The van der Waals surface area contributed by atoms with E-state index in [0.29, 0.717) is 17.8 Å². The van der Waals surface area contributed by atoms with Crippen LogP contribution in [0.15, 0.2) is 58.3 Å². The van der Waals surface area contributed by atoms with Crippen molar-refractivity contribution in [2.45, 2.75) is 23.1 Å². The minimum atomic E-state index is -3.65. The number of hydrogen-bond donors (Lipinski definition) is 2. The number of carbonyl (C=O) groups excluding carboxylic acids is 1. The second-order valence-corrected chi connectivity index (χ2v) is 7.68. The largest absolute Gasteiger partial charge is 0.352 e. The molecule has 2 rings (SSSR count). The van der Waals surface area contributed by atoms with Gasteiger partial charge in [-0.2, -0.15) is 0 Å². The average molecular weight is 364 g/mol. The highest BCUT2D eigenvalue weighted by Crippen LogP contribution is 2.20. The van der Waals surface area contributed by atoms with Gasteiger partial charge in [0.05, 0.1) is 4.90 Å². The summed E-state index contributed by atoms with van der Waals surface area (Å²) in [6, 6.07) is 13.0. The fourth-order valence-corrected chi connectivity index (χ4v) is 3.47. The van der Waals surface area contributed by atoms with Gasteiger partial charge in [0.2, 0.25) is 0 Å². The van der Waals surface area contributed by atoms with Gasteiger partial charge in [0, 0.05) is 22.7 Å². The number of thioether (sulfide) groups is 1. The van der Waals surface area contributed by atoms with Crippen LogP contribution in [0.2, 0.25) is 0 Å². The third-order valence-electron chi connectivity index (χ3n) is 3.30. The molecule has 0 saturated heterocycles. The Hall–Kier alpha value is -1.99. The van der Waals surface area contributed by atoms with Gasteiger partial charge in [-0.1, -0.05) is 6.92 Å². The zero-order valence-electron chi connectivity index (χ0n) is 13.6. The van der Waals surface area contributed by atoms with Gasteiger partial charge in [-0.3, -0.25) is 9.52 Å². The summed E-state index contributed by atoms with van der Waals surface area (Å²) >= 11 is 1.55. The van der Waals surface area contributed by atoms with Crippen molar-refractivity contribution in [3.63, 3.8) is 0 Å². The lowest BCUT2D eigenvalue weighted by atomic mass is 10.2. The standard InChI is InChI=1S/C17H20N2O3S2/c1-3-12-18-17(20)13-4-6-14(7-5-13)19-24(21,22)16-10-8-15(23-2)9-11-16/h4-11,19H,3,12H2,1-2H3,(H,18,20). The van der Waals surface area contributed by atoms with Crippen molar-refractivity contribution < 1.29 is 13.2 Å². The minimum absolute atomic E-state index is 0.168. The molecule has 0 bridgehead atoms. The van der Waals surface area contributed by atoms with Crippen LogP contribution in [0.1, 0.15) is 23.7 Å². The lowest BCUT2D eigenvalue weighted by molar-refractivity contribution is 0.0953. The highest BCUT2D eigenvalue weighted by molar-refractivity contribution is 7.98. The number of anilines is 1. The van der Waals surface area contributed by atoms with E-state index < -0.39 is 10.0 Å². The van der Waals surface area contributed by atoms with E-state index in [0.717, 1.165) is 11.3 Å². The van der Waals surface area contributed by atoms with Crippen molar-refractivity contribution in [1.29, 1.82) is 0 Å². The van der Waals surface area contributed by atoms with E-state index in [-0.39, 0.29) is 10.8 Å². The SMILES string of the molecule is CCCNC(=O)c1ccc(NS(=O)(=O)c2ccc(SC)cc2)cc1. The lowest BCUT2D eigenvalue weighted by Crippen LogP contribution is -2.23. The van der Waals surface area contributed by atoms with Crippen molar-refractivity contribution in [3.8, 4) is 0 Å². The molecule has 24 heavy (non-hydrogen) atoms. The lowest BCUT2D eigenvalue weighted by Gasteiger charge is -2.09. The molecule has 128 valence electrons. The topological polar surface area (TPSA) is 75.3 Å². The van der Waals surface area contributed by atoms with Crippen LogP contribution in [0.3, 0.4) is 0 Å². The molecule has 7 heteroatoms. The maximum absolute atomic E-state index is 12.4. The molecule has 0 aromatic heterocycles.